The zero-order valence-electron chi connectivity index (χ0n) is 13.5. The molecular weight excluding hydrogens is 363 g/mol. The number of para-hydroxylation sites is 1. The lowest BCUT2D eigenvalue weighted by Crippen LogP contribution is -2.15. The molecule has 0 unspecified atom stereocenters. The number of carbonyl (C=O) groups is 1. The number of amides is 1. The molecule has 0 fully saturated rings. The monoisotopic (exact) mass is 378 g/mol. The number of thiazole rings is 1. The Morgan fingerprint density at radius 3 is 2.68 bits per heavy atom. The molecule has 0 aliphatic heterocycles. The number of halogens is 1. The Morgan fingerprint density at radius 2 is 1.96 bits per heavy atom. The molecule has 0 saturated heterocycles. The lowest BCUT2D eigenvalue weighted by Gasteiger charge is -2.11. The number of thioether (sulfide) groups is 1. The third kappa shape index (κ3) is 4.02. The Morgan fingerprint density at radius 1 is 1.24 bits per heavy atom. The molecule has 1 heterocycles. The summed E-state index contributed by atoms with van der Waals surface area (Å²) < 4.78 is 26.1. The van der Waals surface area contributed by atoms with Crippen molar-refractivity contribution >= 4 is 44.9 Å². The van der Waals surface area contributed by atoms with Gasteiger partial charge in [0.15, 0.2) is 21.7 Å². The number of ether oxygens (including phenoxy) is 2. The van der Waals surface area contributed by atoms with Crippen molar-refractivity contribution in [2.45, 2.75) is 4.34 Å². The van der Waals surface area contributed by atoms with Gasteiger partial charge in [-0.25, -0.2) is 9.37 Å². The molecule has 0 aliphatic carbocycles. The second kappa shape index (κ2) is 7.71. The van der Waals surface area contributed by atoms with Crippen LogP contribution in [0.25, 0.3) is 10.2 Å². The summed E-state index contributed by atoms with van der Waals surface area (Å²) in [5, 5.41) is 2.55. The quantitative estimate of drug-likeness (QED) is 0.652. The highest BCUT2D eigenvalue weighted by Gasteiger charge is 2.14. The average molecular weight is 378 g/mol. The molecule has 1 aromatic heterocycles. The van der Waals surface area contributed by atoms with Crippen LogP contribution in [-0.2, 0) is 4.79 Å². The second-order valence-electron chi connectivity index (χ2n) is 4.97. The van der Waals surface area contributed by atoms with Gasteiger partial charge in [0, 0.05) is 12.1 Å². The first kappa shape index (κ1) is 17.5. The Kier molecular flexibility index (Phi) is 5.40. The summed E-state index contributed by atoms with van der Waals surface area (Å²) in [6, 6.07) is 10.3. The lowest BCUT2D eigenvalue weighted by molar-refractivity contribution is -0.113. The molecular formula is C17H15FN2O3S2. The predicted octanol–water partition coefficient (Wildman–Crippen LogP) is 4.18. The third-order valence-corrected chi connectivity index (χ3v) is 5.53. The highest BCUT2D eigenvalue weighted by Crippen LogP contribution is 2.33. The number of anilines is 1. The van der Waals surface area contributed by atoms with E-state index in [2.05, 4.69) is 10.3 Å². The number of hydrogen-bond acceptors (Lipinski definition) is 6. The number of carbonyl (C=O) groups excluding carboxylic acids is 1. The van der Waals surface area contributed by atoms with E-state index in [0.29, 0.717) is 5.75 Å². The average Bonchev–Trinajstić information content (AvgIpc) is 3.04. The van der Waals surface area contributed by atoms with Crippen LogP contribution in [0.4, 0.5) is 10.1 Å². The fourth-order valence-electron chi connectivity index (χ4n) is 2.18. The summed E-state index contributed by atoms with van der Waals surface area (Å²) in [5.74, 6) is -0.167. The number of hydrogen-bond donors (Lipinski definition) is 1. The Labute approximate surface area is 152 Å². The molecule has 1 amide bonds. The maximum absolute atomic E-state index is 14.0. The van der Waals surface area contributed by atoms with Crippen molar-refractivity contribution in [1.29, 1.82) is 0 Å². The van der Waals surface area contributed by atoms with E-state index in [1.807, 2.05) is 24.3 Å². The van der Waals surface area contributed by atoms with Crippen molar-refractivity contribution in [2.24, 2.45) is 0 Å². The number of nitrogens with one attached hydrogen (secondary N) is 1. The number of rotatable bonds is 6. The van der Waals surface area contributed by atoms with E-state index in [9.17, 15) is 9.18 Å². The van der Waals surface area contributed by atoms with E-state index >= 15 is 0 Å². The topological polar surface area (TPSA) is 60.5 Å². The summed E-state index contributed by atoms with van der Waals surface area (Å²) in [4.78, 5) is 16.6. The first-order valence-electron chi connectivity index (χ1n) is 7.30. The van der Waals surface area contributed by atoms with Crippen molar-refractivity contribution in [1.82, 2.24) is 4.98 Å². The van der Waals surface area contributed by atoms with E-state index in [4.69, 9.17) is 9.47 Å². The van der Waals surface area contributed by atoms with Crippen LogP contribution in [0.1, 0.15) is 0 Å². The summed E-state index contributed by atoms with van der Waals surface area (Å²) in [5.41, 5.74) is 0.953. The van der Waals surface area contributed by atoms with Gasteiger partial charge >= 0.3 is 0 Å². The molecule has 8 heteroatoms. The van der Waals surface area contributed by atoms with Crippen LogP contribution in [0.3, 0.4) is 0 Å². The van der Waals surface area contributed by atoms with Gasteiger partial charge in [0.2, 0.25) is 5.91 Å². The molecule has 3 rings (SSSR count). The van der Waals surface area contributed by atoms with Crippen molar-refractivity contribution in [3.05, 3.63) is 42.2 Å². The van der Waals surface area contributed by atoms with E-state index in [0.717, 1.165) is 14.6 Å². The molecule has 0 aliphatic rings. The summed E-state index contributed by atoms with van der Waals surface area (Å²) in [7, 11) is 2.87. The number of benzene rings is 2. The van der Waals surface area contributed by atoms with Crippen molar-refractivity contribution in [3.8, 4) is 11.5 Å². The highest BCUT2D eigenvalue weighted by atomic mass is 32.2. The van der Waals surface area contributed by atoms with Crippen LogP contribution in [0, 0.1) is 5.82 Å². The molecule has 0 radical (unpaired) electrons. The van der Waals surface area contributed by atoms with Gasteiger partial charge in [-0.15, -0.1) is 11.3 Å². The predicted molar refractivity (Wildman–Crippen MR) is 98.5 cm³/mol. The molecule has 0 spiro atoms. The summed E-state index contributed by atoms with van der Waals surface area (Å²) >= 11 is 2.83. The van der Waals surface area contributed by atoms with E-state index in [-0.39, 0.29) is 23.1 Å². The van der Waals surface area contributed by atoms with E-state index in [1.54, 1.807) is 0 Å². The van der Waals surface area contributed by atoms with Gasteiger partial charge in [-0.3, -0.25) is 4.79 Å². The first-order valence-corrected chi connectivity index (χ1v) is 9.10. The zero-order chi connectivity index (χ0) is 17.8. The standard InChI is InChI=1S/C17H15FN2O3S2/c1-22-13-7-10(18)12(8-14(13)23-2)19-16(21)9-24-17-20-11-5-3-4-6-15(11)25-17/h3-8H,9H2,1-2H3,(H,19,21). The largest absolute Gasteiger partial charge is 0.493 e. The maximum atomic E-state index is 14.0. The van der Waals surface area contributed by atoms with Crippen LogP contribution in [0.15, 0.2) is 40.7 Å². The second-order valence-corrected chi connectivity index (χ2v) is 7.22. The molecule has 3 aromatic rings. The van der Waals surface area contributed by atoms with Gasteiger partial charge in [-0.1, -0.05) is 23.9 Å². The van der Waals surface area contributed by atoms with E-state index < -0.39 is 5.82 Å². The maximum Gasteiger partial charge on any atom is 0.234 e. The van der Waals surface area contributed by atoms with Crippen LogP contribution in [0.5, 0.6) is 11.5 Å². The number of methoxy groups -OCH3 is 2. The fraction of sp³-hybridized carbons (Fsp3) is 0.176. The van der Waals surface area contributed by atoms with Crippen LogP contribution in [0.2, 0.25) is 0 Å². The normalized spacial score (nSPS) is 10.7. The lowest BCUT2D eigenvalue weighted by atomic mass is 10.2. The summed E-state index contributed by atoms with van der Waals surface area (Å²) in [6.07, 6.45) is 0. The van der Waals surface area contributed by atoms with Gasteiger partial charge in [0.05, 0.1) is 35.9 Å². The molecule has 130 valence electrons. The molecule has 0 atom stereocenters. The van der Waals surface area contributed by atoms with Crippen LogP contribution >= 0.6 is 23.1 Å². The molecule has 5 nitrogen and oxygen atoms in total. The molecule has 2 aromatic carbocycles. The molecule has 0 saturated carbocycles. The van der Waals surface area contributed by atoms with Crippen molar-refractivity contribution in [2.75, 3.05) is 25.3 Å². The van der Waals surface area contributed by atoms with Crippen LogP contribution < -0.4 is 14.8 Å². The Hall–Kier alpha value is -2.32. The minimum atomic E-state index is -0.587. The van der Waals surface area contributed by atoms with Gasteiger partial charge < -0.3 is 14.8 Å². The van der Waals surface area contributed by atoms with Gasteiger partial charge in [0.1, 0.15) is 0 Å². The van der Waals surface area contributed by atoms with Gasteiger partial charge in [-0.2, -0.15) is 0 Å². The number of aromatic nitrogens is 1. The molecule has 25 heavy (non-hydrogen) atoms. The van der Waals surface area contributed by atoms with Gasteiger partial charge in [0.25, 0.3) is 0 Å². The summed E-state index contributed by atoms with van der Waals surface area (Å²) in [6.45, 7) is 0. The van der Waals surface area contributed by atoms with Crippen molar-refractivity contribution < 1.29 is 18.7 Å². The molecule has 0 bridgehead atoms. The van der Waals surface area contributed by atoms with Crippen LogP contribution in [-0.4, -0.2) is 30.9 Å². The fourth-order valence-corrected chi connectivity index (χ4v) is 4.04. The SMILES string of the molecule is COc1cc(F)c(NC(=O)CSc2nc3ccccc3s2)cc1OC. The van der Waals surface area contributed by atoms with E-state index in [1.165, 1.54) is 49.5 Å². The minimum Gasteiger partial charge on any atom is -0.493 e. The highest BCUT2D eigenvalue weighted by molar-refractivity contribution is 8.01. The minimum absolute atomic E-state index is 0.0487. The third-order valence-electron chi connectivity index (χ3n) is 3.35. The molecule has 1 N–H and O–H groups in total. The number of nitrogens with zero attached hydrogens (tertiary/aromatic N) is 1. The Bertz CT molecular complexity index is 881. The zero-order valence-corrected chi connectivity index (χ0v) is 15.2. The number of fused-ring (bicyclic) bond motifs is 1. The van der Waals surface area contributed by atoms with Crippen molar-refractivity contribution in [3.63, 3.8) is 0 Å². The van der Waals surface area contributed by atoms with Gasteiger partial charge in [-0.05, 0) is 12.1 Å². The first-order chi connectivity index (χ1) is 12.1. The Balaban J connectivity index is 1.66. The smallest absolute Gasteiger partial charge is 0.234 e.